The van der Waals surface area contributed by atoms with E-state index in [1.807, 2.05) is 6.26 Å². The lowest BCUT2D eigenvalue weighted by Gasteiger charge is -2.28. The number of hydrogen-bond acceptors (Lipinski definition) is 3. The molecule has 3 heteroatoms. The molecular weight excluding hydrogens is 260 g/mol. The van der Waals surface area contributed by atoms with Crippen LogP contribution in [0.2, 0.25) is 0 Å². The Morgan fingerprint density at radius 1 is 1.19 bits per heavy atom. The van der Waals surface area contributed by atoms with Gasteiger partial charge < -0.3 is 9.73 Å². The summed E-state index contributed by atoms with van der Waals surface area (Å²) in [5, 5.41) is 3.46. The molecule has 0 radical (unpaired) electrons. The topological polar surface area (TPSA) is 28.4 Å². The zero-order valence-electron chi connectivity index (χ0n) is 12.9. The fraction of sp³-hybridized carbons (Fsp3) is 0.444. The predicted molar refractivity (Wildman–Crippen MR) is 84.9 cm³/mol. The van der Waals surface area contributed by atoms with Gasteiger partial charge in [0, 0.05) is 31.2 Å². The smallest absolute Gasteiger partial charge is 0.122 e. The van der Waals surface area contributed by atoms with E-state index in [2.05, 4.69) is 54.4 Å². The van der Waals surface area contributed by atoms with Gasteiger partial charge in [-0.15, -0.1) is 0 Å². The van der Waals surface area contributed by atoms with Crippen LogP contribution in [-0.4, -0.2) is 17.5 Å². The highest BCUT2D eigenvalue weighted by molar-refractivity contribution is 5.29. The van der Waals surface area contributed by atoms with Crippen LogP contribution >= 0.6 is 0 Å². The van der Waals surface area contributed by atoms with E-state index in [1.54, 1.807) is 0 Å². The van der Waals surface area contributed by atoms with Gasteiger partial charge in [0.05, 0.1) is 12.8 Å². The largest absolute Gasteiger partial charge is 0.468 e. The average Bonchev–Trinajstić information content (AvgIpc) is 2.92. The molecule has 2 heterocycles. The van der Waals surface area contributed by atoms with Crippen LogP contribution in [0.15, 0.2) is 41.0 Å². The maximum atomic E-state index is 5.71. The van der Waals surface area contributed by atoms with Crippen molar-refractivity contribution in [3.05, 3.63) is 59.0 Å². The molecule has 0 amide bonds. The molecule has 1 aromatic carbocycles. The Morgan fingerprint density at radius 3 is 2.81 bits per heavy atom. The number of rotatable bonds is 5. The van der Waals surface area contributed by atoms with Gasteiger partial charge in [0.15, 0.2) is 0 Å². The Morgan fingerprint density at radius 2 is 2.00 bits per heavy atom. The van der Waals surface area contributed by atoms with Crippen LogP contribution in [0.3, 0.4) is 0 Å². The number of nitrogens with one attached hydrogen (secondary N) is 1. The van der Waals surface area contributed by atoms with Crippen molar-refractivity contribution in [3.8, 4) is 0 Å². The van der Waals surface area contributed by atoms with E-state index in [-0.39, 0.29) is 0 Å². The minimum absolute atomic E-state index is 0.495. The van der Waals surface area contributed by atoms with E-state index >= 15 is 0 Å². The molecule has 0 unspecified atom stereocenters. The lowest BCUT2D eigenvalue weighted by molar-refractivity contribution is 0.224. The zero-order chi connectivity index (χ0) is 14.7. The van der Waals surface area contributed by atoms with E-state index in [0.717, 1.165) is 38.4 Å². The molecule has 3 rings (SSSR count). The fourth-order valence-electron chi connectivity index (χ4n) is 2.87. The summed E-state index contributed by atoms with van der Waals surface area (Å²) in [6, 6.07) is 11.3. The second kappa shape index (κ2) is 6.46. The molecule has 0 saturated carbocycles. The third-order valence-electron chi connectivity index (χ3n) is 4.12. The number of benzene rings is 1. The molecule has 0 atom stereocenters. The number of fused-ring (bicyclic) bond motifs is 1. The first-order valence-corrected chi connectivity index (χ1v) is 7.80. The molecule has 1 aliphatic heterocycles. The predicted octanol–water partition coefficient (Wildman–Crippen LogP) is 3.34. The maximum Gasteiger partial charge on any atom is 0.122 e. The third kappa shape index (κ3) is 3.55. The maximum absolute atomic E-state index is 5.71. The van der Waals surface area contributed by atoms with Gasteiger partial charge in [0.25, 0.3) is 0 Å². The Kier molecular flexibility index (Phi) is 4.42. The first-order chi connectivity index (χ1) is 10.2. The van der Waals surface area contributed by atoms with Gasteiger partial charge in [-0.1, -0.05) is 38.1 Å². The summed E-state index contributed by atoms with van der Waals surface area (Å²) < 4.78 is 5.71. The Balaban J connectivity index is 1.64. The second-order valence-electron chi connectivity index (χ2n) is 6.13. The Hall–Kier alpha value is -1.58. The van der Waals surface area contributed by atoms with Crippen LogP contribution in [0.25, 0.3) is 0 Å². The quantitative estimate of drug-likeness (QED) is 0.913. The normalized spacial score (nSPS) is 15.4. The first-order valence-electron chi connectivity index (χ1n) is 7.80. The SMILES string of the molecule is CC(C)NCc1ccoc1CN1CCc2ccccc2C1. The van der Waals surface area contributed by atoms with Crippen LogP contribution < -0.4 is 5.32 Å². The van der Waals surface area contributed by atoms with Crippen molar-refractivity contribution in [1.29, 1.82) is 0 Å². The van der Waals surface area contributed by atoms with Crippen molar-refractivity contribution in [2.24, 2.45) is 0 Å². The van der Waals surface area contributed by atoms with Crippen molar-refractivity contribution >= 4 is 0 Å². The highest BCUT2D eigenvalue weighted by Gasteiger charge is 2.18. The van der Waals surface area contributed by atoms with E-state index in [9.17, 15) is 0 Å². The van der Waals surface area contributed by atoms with Gasteiger partial charge in [0.2, 0.25) is 0 Å². The Labute approximate surface area is 127 Å². The number of hydrogen-bond donors (Lipinski definition) is 1. The van der Waals surface area contributed by atoms with Gasteiger partial charge in [-0.25, -0.2) is 0 Å². The van der Waals surface area contributed by atoms with Crippen molar-refractivity contribution in [2.75, 3.05) is 6.54 Å². The molecule has 3 nitrogen and oxygen atoms in total. The van der Waals surface area contributed by atoms with Crippen LogP contribution in [0, 0.1) is 0 Å². The van der Waals surface area contributed by atoms with Crippen molar-refractivity contribution < 1.29 is 4.42 Å². The summed E-state index contributed by atoms with van der Waals surface area (Å²) in [6.45, 7) is 8.25. The summed E-state index contributed by atoms with van der Waals surface area (Å²) in [4.78, 5) is 2.47. The molecular formula is C18H24N2O. The lowest BCUT2D eigenvalue weighted by Crippen LogP contribution is -2.30. The number of furan rings is 1. The molecule has 112 valence electrons. The van der Waals surface area contributed by atoms with E-state index in [4.69, 9.17) is 4.42 Å². The average molecular weight is 284 g/mol. The standard InChI is InChI=1S/C18H24N2O/c1-14(2)19-11-16-8-10-21-18(16)13-20-9-7-15-5-3-4-6-17(15)12-20/h3-6,8,10,14,19H,7,9,11-13H2,1-2H3. The van der Waals surface area contributed by atoms with Gasteiger partial charge in [-0.05, 0) is 23.6 Å². The Bertz CT molecular complexity index is 588. The summed E-state index contributed by atoms with van der Waals surface area (Å²) in [5.74, 6) is 1.10. The lowest BCUT2D eigenvalue weighted by atomic mass is 10.00. The van der Waals surface area contributed by atoms with Gasteiger partial charge in [0.1, 0.15) is 5.76 Å². The summed E-state index contributed by atoms with van der Waals surface area (Å²) >= 11 is 0. The monoisotopic (exact) mass is 284 g/mol. The highest BCUT2D eigenvalue weighted by atomic mass is 16.3. The molecule has 0 fully saturated rings. The molecule has 2 aromatic rings. The molecule has 0 spiro atoms. The van der Waals surface area contributed by atoms with Crippen LogP contribution in [0.5, 0.6) is 0 Å². The molecule has 0 saturated heterocycles. The van der Waals surface area contributed by atoms with Crippen LogP contribution in [-0.2, 0) is 26.1 Å². The molecule has 1 N–H and O–H groups in total. The summed E-state index contributed by atoms with van der Waals surface area (Å²) in [5.41, 5.74) is 4.23. The van der Waals surface area contributed by atoms with Crippen molar-refractivity contribution in [3.63, 3.8) is 0 Å². The third-order valence-corrected chi connectivity index (χ3v) is 4.12. The first kappa shape index (κ1) is 14.4. The van der Waals surface area contributed by atoms with Crippen LogP contribution in [0.1, 0.15) is 36.3 Å². The molecule has 0 bridgehead atoms. The fourth-order valence-corrected chi connectivity index (χ4v) is 2.87. The van der Waals surface area contributed by atoms with Crippen LogP contribution in [0.4, 0.5) is 0 Å². The van der Waals surface area contributed by atoms with Gasteiger partial charge in [-0.2, -0.15) is 0 Å². The zero-order valence-corrected chi connectivity index (χ0v) is 12.9. The van der Waals surface area contributed by atoms with Gasteiger partial charge in [-0.3, -0.25) is 4.90 Å². The van der Waals surface area contributed by atoms with Gasteiger partial charge >= 0.3 is 0 Å². The minimum Gasteiger partial charge on any atom is -0.468 e. The van der Waals surface area contributed by atoms with E-state index in [1.165, 1.54) is 16.7 Å². The molecule has 1 aromatic heterocycles. The second-order valence-corrected chi connectivity index (χ2v) is 6.13. The van der Waals surface area contributed by atoms with Crippen molar-refractivity contribution in [1.82, 2.24) is 10.2 Å². The highest BCUT2D eigenvalue weighted by Crippen LogP contribution is 2.21. The van der Waals surface area contributed by atoms with E-state index < -0.39 is 0 Å². The van der Waals surface area contributed by atoms with Crippen molar-refractivity contribution in [2.45, 2.75) is 45.9 Å². The molecule has 0 aliphatic carbocycles. The van der Waals surface area contributed by atoms with E-state index in [0.29, 0.717) is 6.04 Å². The molecule has 1 aliphatic rings. The summed E-state index contributed by atoms with van der Waals surface area (Å²) in [7, 11) is 0. The molecule has 21 heavy (non-hydrogen) atoms. The summed E-state index contributed by atoms with van der Waals surface area (Å²) in [6.07, 6.45) is 2.95. The minimum atomic E-state index is 0.495. The number of nitrogens with zero attached hydrogens (tertiary/aromatic N) is 1.